The molecule has 1 heterocycles. The third-order valence-corrected chi connectivity index (χ3v) is 5.53. The van der Waals surface area contributed by atoms with Crippen LogP contribution in [0.25, 0.3) is 11.5 Å². The van der Waals surface area contributed by atoms with Crippen LogP contribution >= 0.6 is 11.8 Å². The van der Waals surface area contributed by atoms with Crippen LogP contribution in [0.2, 0.25) is 0 Å². The number of hydrogen-bond donors (Lipinski definition) is 0. The maximum absolute atomic E-state index is 13.0. The number of ether oxygens (including phenoxy) is 3. The number of aromatic nitrogens is 2. The van der Waals surface area contributed by atoms with E-state index >= 15 is 0 Å². The van der Waals surface area contributed by atoms with Gasteiger partial charge in [-0.05, 0) is 53.6 Å². The maximum atomic E-state index is 13.0. The van der Waals surface area contributed by atoms with E-state index in [2.05, 4.69) is 10.2 Å². The van der Waals surface area contributed by atoms with Gasteiger partial charge in [-0.15, -0.1) is 10.2 Å². The topological polar surface area (TPSA) is 66.6 Å². The highest BCUT2D eigenvalue weighted by molar-refractivity contribution is 7.98. The lowest BCUT2D eigenvalue weighted by molar-refractivity contribution is 0.306. The fourth-order valence-corrected chi connectivity index (χ4v) is 3.65. The molecule has 6 nitrogen and oxygen atoms in total. The first-order chi connectivity index (χ1) is 15.6. The number of methoxy groups -OCH3 is 2. The Bertz CT molecular complexity index is 1160. The summed E-state index contributed by atoms with van der Waals surface area (Å²) in [7, 11) is 3.17. The van der Waals surface area contributed by atoms with Gasteiger partial charge in [0.1, 0.15) is 18.2 Å². The molecule has 0 radical (unpaired) electrons. The molecule has 0 saturated heterocycles. The van der Waals surface area contributed by atoms with Gasteiger partial charge in [-0.2, -0.15) is 0 Å². The van der Waals surface area contributed by atoms with E-state index in [1.165, 1.54) is 23.9 Å². The third kappa shape index (κ3) is 5.39. The van der Waals surface area contributed by atoms with Gasteiger partial charge in [-0.1, -0.05) is 36.0 Å². The molecular formula is C24H21FN2O4S. The van der Waals surface area contributed by atoms with Gasteiger partial charge < -0.3 is 18.6 Å². The molecule has 3 aromatic carbocycles. The fraction of sp³-hybridized carbons (Fsp3) is 0.167. The van der Waals surface area contributed by atoms with Crippen LogP contribution in [-0.2, 0) is 12.4 Å². The average molecular weight is 453 g/mol. The van der Waals surface area contributed by atoms with Crippen molar-refractivity contribution in [2.45, 2.75) is 17.6 Å². The van der Waals surface area contributed by atoms with Gasteiger partial charge in [0.05, 0.1) is 14.2 Å². The first-order valence-electron chi connectivity index (χ1n) is 9.79. The number of halogens is 1. The van der Waals surface area contributed by atoms with Crippen LogP contribution < -0.4 is 14.2 Å². The molecule has 0 atom stereocenters. The molecule has 0 N–H and O–H groups in total. The van der Waals surface area contributed by atoms with Crippen molar-refractivity contribution in [2.75, 3.05) is 14.2 Å². The summed E-state index contributed by atoms with van der Waals surface area (Å²) in [5, 5.41) is 8.72. The number of hydrogen-bond acceptors (Lipinski definition) is 7. The van der Waals surface area contributed by atoms with Crippen LogP contribution in [0.5, 0.6) is 17.2 Å². The summed E-state index contributed by atoms with van der Waals surface area (Å²) < 4.78 is 35.1. The molecule has 0 unspecified atom stereocenters. The molecule has 0 bridgehead atoms. The van der Waals surface area contributed by atoms with E-state index in [9.17, 15) is 4.39 Å². The minimum atomic E-state index is -0.257. The molecule has 4 aromatic rings. The number of nitrogens with zero attached hydrogens (tertiary/aromatic N) is 2. The predicted molar refractivity (Wildman–Crippen MR) is 120 cm³/mol. The van der Waals surface area contributed by atoms with Crippen molar-refractivity contribution in [3.05, 3.63) is 83.7 Å². The Morgan fingerprint density at radius 3 is 2.28 bits per heavy atom. The van der Waals surface area contributed by atoms with Crippen molar-refractivity contribution in [2.24, 2.45) is 0 Å². The van der Waals surface area contributed by atoms with Crippen LogP contribution in [0, 0.1) is 5.82 Å². The van der Waals surface area contributed by atoms with E-state index in [0.717, 1.165) is 22.4 Å². The largest absolute Gasteiger partial charge is 0.493 e. The molecule has 4 rings (SSSR count). The molecule has 0 saturated carbocycles. The van der Waals surface area contributed by atoms with Crippen LogP contribution in [0.4, 0.5) is 4.39 Å². The Morgan fingerprint density at radius 2 is 1.56 bits per heavy atom. The SMILES string of the molecule is COc1ccc(-c2nnc(SCc3ccc(OCc4ccc(F)cc4)cc3)o2)cc1OC. The molecule has 0 aliphatic rings. The Labute approximate surface area is 189 Å². The highest BCUT2D eigenvalue weighted by Gasteiger charge is 2.13. The van der Waals surface area contributed by atoms with Crippen molar-refractivity contribution < 1.29 is 23.0 Å². The molecule has 0 amide bonds. The lowest BCUT2D eigenvalue weighted by Gasteiger charge is -2.07. The average Bonchev–Trinajstić information content (AvgIpc) is 3.31. The van der Waals surface area contributed by atoms with Gasteiger partial charge in [0.25, 0.3) is 5.22 Å². The molecule has 0 aliphatic heterocycles. The summed E-state index contributed by atoms with van der Waals surface area (Å²) in [5.41, 5.74) is 2.76. The highest BCUT2D eigenvalue weighted by atomic mass is 32.2. The van der Waals surface area contributed by atoms with Gasteiger partial charge >= 0.3 is 0 Å². The molecule has 0 spiro atoms. The van der Waals surface area contributed by atoms with Gasteiger partial charge in [-0.3, -0.25) is 0 Å². The molecule has 0 aliphatic carbocycles. The highest BCUT2D eigenvalue weighted by Crippen LogP contribution is 2.33. The standard InChI is InChI=1S/C24H21FN2O4S/c1-28-21-12-7-18(13-22(21)29-2)23-26-27-24(31-23)32-15-17-5-10-20(11-6-17)30-14-16-3-8-19(25)9-4-16/h3-13H,14-15H2,1-2H3. The normalized spacial score (nSPS) is 10.7. The Morgan fingerprint density at radius 1 is 0.844 bits per heavy atom. The first-order valence-corrected chi connectivity index (χ1v) is 10.8. The number of benzene rings is 3. The van der Waals surface area contributed by atoms with E-state index in [0.29, 0.717) is 35.0 Å². The lowest BCUT2D eigenvalue weighted by Crippen LogP contribution is -1.95. The number of thioether (sulfide) groups is 1. The van der Waals surface area contributed by atoms with Crippen molar-refractivity contribution in [3.8, 4) is 28.7 Å². The predicted octanol–water partition coefficient (Wildman–Crippen LogP) is 5.76. The van der Waals surface area contributed by atoms with Gasteiger partial charge in [0.2, 0.25) is 5.89 Å². The minimum absolute atomic E-state index is 0.257. The second-order valence-corrected chi connectivity index (χ2v) is 7.72. The van der Waals surface area contributed by atoms with E-state index in [4.69, 9.17) is 18.6 Å². The molecule has 164 valence electrons. The summed E-state index contributed by atoms with van der Waals surface area (Å²) in [6, 6.07) is 19.5. The monoisotopic (exact) mass is 452 g/mol. The van der Waals surface area contributed by atoms with Crippen molar-refractivity contribution in [1.82, 2.24) is 10.2 Å². The molecule has 8 heteroatoms. The zero-order valence-corrected chi connectivity index (χ0v) is 18.4. The van der Waals surface area contributed by atoms with E-state index in [1.807, 2.05) is 30.3 Å². The minimum Gasteiger partial charge on any atom is -0.493 e. The van der Waals surface area contributed by atoms with Gasteiger partial charge in [0.15, 0.2) is 11.5 Å². The molecule has 32 heavy (non-hydrogen) atoms. The third-order valence-electron chi connectivity index (χ3n) is 4.64. The fourth-order valence-electron chi connectivity index (χ4n) is 2.93. The zero-order chi connectivity index (χ0) is 22.3. The van der Waals surface area contributed by atoms with Gasteiger partial charge in [0, 0.05) is 11.3 Å². The van der Waals surface area contributed by atoms with E-state index < -0.39 is 0 Å². The van der Waals surface area contributed by atoms with Crippen molar-refractivity contribution in [3.63, 3.8) is 0 Å². The van der Waals surface area contributed by atoms with Gasteiger partial charge in [-0.25, -0.2) is 4.39 Å². The zero-order valence-electron chi connectivity index (χ0n) is 17.6. The summed E-state index contributed by atoms with van der Waals surface area (Å²) >= 11 is 1.45. The Kier molecular flexibility index (Phi) is 6.91. The number of rotatable bonds is 9. The quantitative estimate of drug-likeness (QED) is 0.299. The van der Waals surface area contributed by atoms with Crippen molar-refractivity contribution in [1.29, 1.82) is 0 Å². The Balaban J connectivity index is 1.32. The Hall–Kier alpha value is -3.52. The van der Waals surface area contributed by atoms with Crippen LogP contribution in [0.3, 0.4) is 0 Å². The summed E-state index contributed by atoms with van der Waals surface area (Å²) in [6.45, 7) is 0.384. The molecule has 1 aromatic heterocycles. The summed E-state index contributed by atoms with van der Waals surface area (Å²) in [4.78, 5) is 0. The first kappa shape index (κ1) is 21.7. The van der Waals surface area contributed by atoms with E-state index in [1.54, 1.807) is 38.5 Å². The van der Waals surface area contributed by atoms with Crippen LogP contribution in [0.1, 0.15) is 11.1 Å². The lowest BCUT2D eigenvalue weighted by atomic mass is 10.2. The molecular weight excluding hydrogens is 431 g/mol. The smallest absolute Gasteiger partial charge is 0.277 e. The van der Waals surface area contributed by atoms with Crippen molar-refractivity contribution >= 4 is 11.8 Å². The van der Waals surface area contributed by atoms with E-state index in [-0.39, 0.29) is 5.82 Å². The summed E-state index contributed by atoms with van der Waals surface area (Å²) in [5.74, 6) is 2.81. The molecule has 0 fully saturated rings. The maximum Gasteiger partial charge on any atom is 0.277 e. The summed E-state index contributed by atoms with van der Waals surface area (Å²) in [6.07, 6.45) is 0. The second kappa shape index (κ2) is 10.2. The van der Waals surface area contributed by atoms with Crippen LogP contribution in [0.15, 0.2) is 76.4 Å². The second-order valence-electron chi connectivity index (χ2n) is 6.79. The van der Waals surface area contributed by atoms with Crippen LogP contribution in [-0.4, -0.2) is 24.4 Å².